The summed E-state index contributed by atoms with van der Waals surface area (Å²) in [5, 5.41) is 6.79. The highest BCUT2D eigenvalue weighted by atomic mass is 16.5. The number of nitrogens with zero attached hydrogens (tertiary/aromatic N) is 3. The first-order valence-electron chi connectivity index (χ1n) is 8.88. The van der Waals surface area contributed by atoms with Gasteiger partial charge in [0.1, 0.15) is 18.1 Å². The van der Waals surface area contributed by atoms with Gasteiger partial charge in [0, 0.05) is 11.5 Å². The number of hydrogen-bond donors (Lipinski definition) is 1. The monoisotopic (exact) mass is 368 g/mol. The number of amides is 1. The van der Waals surface area contributed by atoms with Crippen LogP contribution in [0.15, 0.2) is 39.5 Å². The van der Waals surface area contributed by atoms with Crippen LogP contribution in [0.3, 0.4) is 0 Å². The van der Waals surface area contributed by atoms with Gasteiger partial charge in [-0.15, -0.1) is 0 Å². The van der Waals surface area contributed by atoms with E-state index in [0.29, 0.717) is 29.3 Å². The van der Waals surface area contributed by atoms with Gasteiger partial charge in [0.25, 0.3) is 5.91 Å². The summed E-state index contributed by atoms with van der Waals surface area (Å²) in [6.07, 6.45) is 4.70. The van der Waals surface area contributed by atoms with Gasteiger partial charge in [-0.3, -0.25) is 4.79 Å². The smallest absolute Gasteiger partial charge is 0.273 e. The Morgan fingerprint density at radius 1 is 1.33 bits per heavy atom. The maximum atomic E-state index is 12.4. The number of ether oxygens (including phenoxy) is 1. The summed E-state index contributed by atoms with van der Waals surface area (Å²) in [6.45, 7) is 1.77. The third-order valence-electron chi connectivity index (χ3n) is 4.70. The van der Waals surface area contributed by atoms with Crippen molar-refractivity contribution in [1.29, 1.82) is 0 Å². The molecule has 1 aliphatic rings. The standard InChI is InChI=1S/C19H20N4O4/c1-11(20-17(24)15-10-26-19(21-15)12-5-3-6-12)18-22-16(23-27-18)13-7-4-8-14(9-13)25-2/h4,7-12H,3,5-6H2,1-2H3,(H,20,24). The first-order valence-corrected chi connectivity index (χ1v) is 8.88. The van der Waals surface area contributed by atoms with Gasteiger partial charge in [0.15, 0.2) is 11.6 Å². The van der Waals surface area contributed by atoms with Crippen LogP contribution < -0.4 is 10.1 Å². The number of oxazole rings is 1. The molecule has 3 aromatic rings. The summed E-state index contributed by atoms with van der Waals surface area (Å²) >= 11 is 0. The molecule has 1 unspecified atom stereocenters. The third kappa shape index (κ3) is 3.55. The first kappa shape index (κ1) is 17.3. The maximum Gasteiger partial charge on any atom is 0.273 e. The predicted octanol–water partition coefficient (Wildman–Crippen LogP) is 3.49. The Bertz CT molecular complexity index is 945. The molecule has 0 radical (unpaired) electrons. The molecule has 1 N–H and O–H groups in total. The average Bonchev–Trinajstić information content (AvgIpc) is 3.30. The van der Waals surface area contributed by atoms with Crippen LogP contribution >= 0.6 is 0 Å². The zero-order chi connectivity index (χ0) is 18.8. The number of benzene rings is 1. The Hall–Kier alpha value is -3.16. The Labute approximate surface area is 155 Å². The van der Waals surface area contributed by atoms with E-state index in [4.69, 9.17) is 13.7 Å². The van der Waals surface area contributed by atoms with Crippen molar-refractivity contribution in [3.8, 4) is 17.1 Å². The van der Waals surface area contributed by atoms with E-state index in [2.05, 4.69) is 20.4 Å². The van der Waals surface area contributed by atoms with Crippen molar-refractivity contribution in [3.63, 3.8) is 0 Å². The van der Waals surface area contributed by atoms with Crippen LogP contribution in [0.1, 0.15) is 60.4 Å². The van der Waals surface area contributed by atoms with Crippen molar-refractivity contribution in [3.05, 3.63) is 48.0 Å². The summed E-state index contributed by atoms with van der Waals surface area (Å²) in [5.41, 5.74) is 1.03. The van der Waals surface area contributed by atoms with Gasteiger partial charge in [0.2, 0.25) is 11.7 Å². The molecule has 27 heavy (non-hydrogen) atoms. The molecule has 2 aromatic heterocycles. The molecule has 4 rings (SSSR count). The molecule has 1 aromatic carbocycles. The summed E-state index contributed by atoms with van der Waals surface area (Å²) in [7, 11) is 1.60. The van der Waals surface area contributed by atoms with E-state index >= 15 is 0 Å². The second kappa shape index (κ2) is 7.22. The van der Waals surface area contributed by atoms with Crippen molar-refractivity contribution in [2.75, 3.05) is 7.11 Å². The minimum atomic E-state index is -0.465. The molecular weight excluding hydrogens is 348 g/mol. The maximum absolute atomic E-state index is 12.4. The highest BCUT2D eigenvalue weighted by molar-refractivity contribution is 5.92. The number of carbonyl (C=O) groups is 1. The lowest BCUT2D eigenvalue weighted by atomic mass is 9.85. The fourth-order valence-corrected chi connectivity index (χ4v) is 2.86. The summed E-state index contributed by atoms with van der Waals surface area (Å²) < 4.78 is 15.9. The normalized spacial score (nSPS) is 15.2. The molecule has 8 nitrogen and oxygen atoms in total. The predicted molar refractivity (Wildman–Crippen MR) is 95.3 cm³/mol. The molecular formula is C19H20N4O4. The molecule has 1 aliphatic carbocycles. The lowest BCUT2D eigenvalue weighted by Gasteiger charge is -2.21. The highest BCUT2D eigenvalue weighted by Gasteiger charge is 2.26. The second-order valence-corrected chi connectivity index (χ2v) is 6.58. The van der Waals surface area contributed by atoms with Crippen molar-refractivity contribution in [1.82, 2.24) is 20.4 Å². The Kier molecular flexibility index (Phi) is 4.62. The molecule has 140 valence electrons. The number of nitrogens with one attached hydrogen (secondary N) is 1. The van der Waals surface area contributed by atoms with Gasteiger partial charge in [-0.1, -0.05) is 23.7 Å². The largest absolute Gasteiger partial charge is 0.497 e. The third-order valence-corrected chi connectivity index (χ3v) is 4.70. The van der Waals surface area contributed by atoms with E-state index in [9.17, 15) is 4.79 Å². The molecule has 2 heterocycles. The minimum absolute atomic E-state index is 0.260. The molecule has 1 atom stereocenters. The van der Waals surface area contributed by atoms with Gasteiger partial charge in [-0.25, -0.2) is 4.98 Å². The number of carbonyl (C=O) groups excluding carboxylic acids is 1. The first-order chi connectivity index (χ1) is 13.1. The molecule has 8 heteroatoms. The Balaban J connectivity index is 1.43. The minimum Gasteiger partial charge on any atom is -0.497 e. The number of methoxy groups -OCH3 is 1. The van der Waals surface area contributed by atoms with Crippen LogP contribution in [0.4, 0.5) is 0 Å². The molecule has 1 amide bonds. The fraction of sp³-hybridized carbons (Fsp3) is 0.368. The topological polar surface area (TPSA) is 103 Å². The number of hydrogen-bond acceptors (Lipinski definition) is 7. The van der Waals surface area contributed by atoms with Crippen LogP contribution in [0, 0.1) is 0 Å². The summed E-state index contributed by atoms with van der Waals surface area (Å²) in [5.74, 6) is 2.08. The Morgan fingerprint density at radius 3 is 2.93 bits per heavy atom. The van der Waals surface area contributed by atoms with E-state index < -0.39 is 6.04 Å². The fourth-order valence-electron chi connectivity index (χ4n) is 2.86. The molecule has 1 fully saturated rings. The van der Waals surface area contributed by atoms with Gasteiger partial charge in [0.05, 0.1) is 7.11 Å². The SMILES string of the molecule is COc1cccc(-c2noc(C(C)NC(=O)c3coc(C4CCC4)n3)n2)c1. The van der Waals surface area contributed by atoms with Crippen LogP contribution in [0.2, 0.25) is 0 Å². The van der Waals surface area contributed by atoms with E-state index in [1.165, 1.54) is 12.7 Å². The Morgan fingerprint density at radius 2 is 2.19 bits per heavy atom. The van der Waals surface area contributed by atoms with E-state index in [1.807, 2.05) is 24.3 Å². The van der Waals surface area contributed by atoms with Gasteiger partial charge >= 0.3 is 0 Å². The lowest BCUT2D eigenvalue weighted by molar-refractivity contribution is 0.0927. The number of aromatic nitrogens is 3. The summed E-state index contributed by atoms with van der Waals surface area (Å²) in [6, 6.07) is 6.89. The van der Waals surface area contributed by atoms with Crippen molar-refractivity contribution in [2.45, 2.75) is 38.1 Å². The van der Waals surface area contributed by atoms with Crippen LogP contribution in [-0.4, -0.2) is 28.1 Å². The van der Waals surface area contributed by atoms with Gasteiger partial charge in [-0.05, 0) is 31.9 Å². The van der Waals surface area contributed by atoms with Crippen LogP contribution in [-0.2, 0) is 0 Å². The lowest BCUT2D eigenvalue weighted by Crippen LogP contribution is -2.27. The van der Waals surface area contributed by atoms with Crippen LogP contribution in [0.25, 0.3) is 11.4 Å². The quantitative estimate of drug-likeness (QED) is 0.710. The van der Waals surface area contributed by atoms with Crippen molar-refractivity contribution >= 4 is 5.91 Å². The van der Waals surface area contributed by atoms with Gasteiger partial charge < -0.3 is 19.0 Å². The molecule has 0 bridgehead atoms. The zero-order valence-corrected chi connectivity index (χ0v) is 15.1. The second-order valence-electron chi connectivity index (χ2n) is 6.58. The average molecular weight is 368 g/mol. The van der Waals surface area contributed by atoms with E-state index in [0.717, 1.165) is 18.4 Å². The molecule has 0 saturated heterocycles. The molecule has 0 aliphatic heterocycles. The molecule has 0 spiro atoms. The highest BCUT2D eigenvalue weighted by Crippen LogP contribution is 2.35. The van der Waals surface area contributed by atoms with Gasteiger partial charge in [-0.2, -0.15) is 4.98 Å². The van der Waals surface area contributed by atoms with E-state index in [1.54, 1.807) is 14.0 Å². The molecule has 1 saturated carbocycles. The zero-order valence-electron chi connectivity index (χ0n) is 15.1. The van der Waals surface area contributed by atoms with E-state index in [-0.39, 0.29) is 11.6 Å². The number of rotatable bonds is 6. The van der Waals surface area contributed by atoms with Crippen LogP contribution in [0.5, 0.6) is 5.75 Å². The summed E-state index contributed by atoms with van der Waals surface area (Å²) in [4.78, 5) is 21.0. The van der Waals surface area contributed by atoms with Crippen molar-refractivity contribution < 1.29 is 18.5 Å². The van der Waals surface area contributed by atoms with Crippen molar-refractivity contribution in [2.24, 2.45) is 0 Å².